The van der Waals surface area contributed by atoms with Crippen molar-refractivity contribution in [2.75, 3.05) is 19.0 Å². The molecule has 23 heavy (non-hydrogen) atoms. The van der Waals surface area contributed by atoms with Crippen molar-refractivity contribution >= 4 is 23.4 Å². The first-order valence-corrected chi connectivity index (χ1v) is 7.66. The molecule has 0 saturated carbocycles. The topological polar surface area (TPSA) is 41.9 Å². The van der Waals surface area contributed by atoms with Crippen molar-refractivity contribution in [3.8, 4) is 0 Å². The zero-order valence-electron chi connectivity index (χ0n) is 14.7. The summed E-state index contributed by atoms with van der Waals surface area (Å²) < 4.78 is 0. The Morgan fingerprint density at radius 3 is 2.48 bits per heavy atom. The van der Waals surface area contributed by atoms with Crippen molar-refractivity contribution in [1.82, 2.24) is 0 Å². The number of allylic oxidation sites excluding steroid dienone is 2. The maximum atomic E-state index is 11.8. The number of rotatable bonds is 3. The summed E-state index contributed by atoms with van der Waals surface area (Å²) in [5.74, 6) is -0.390. The van der Waals surface area contributed by atoms with Crippen LogP contribution in [-0.4, -0.2) is 25.8 Å². The molecule has 0 unspecified atom stereocenters. The van der Waals surface area contributed by atoms with Crippen molar-refractivity contribution in [2.24, 2.45) is 10.6 Å². The molecule has 1 aromatic carbocycles. The molecule has 0 fully saturated rings. The first kappa shape index (κ1) is 17.0. The summed E-state index contributed by atoms with van der Waals surface area (Å²) in [7, 11) is 4.04. The van der Waals surface area contributed by atoms with Gasteiger partial charge in [0, 0.05) is 25.2 Å². The SMILES string of the molecule is Cc1cc(N(C)C)ccc1C=CC=C1C(=O)ON=C1C(C)(C)C. The number of aryl methyl sites for hydroxylation is 1. The third-order valence-electron chi connectivity index (χ3n) is 3.71. The Bertz CT molecular complexity index is 705. The second-order valence-electron chi connectivity index (χ2n) is 6.94. The van der Waals surface area contributed by atoms with Crippen LogP contribution < -0.4 is 4.90 Å². The third kappa shape index (κ3) is 3.89. The van der Waals surface area contributed by atoms with Crippen molar-refractivity contribution in [3.63, 3.8) is 0 Å². The average molecular weight is 312 g/mol. The fourth-order valence-electron chi connectivity index (χ4n) is 2.34. The number of anilines is 1. The average Bonchev–Trinajstić information content (AvgIpc) is 2.81. The number of hydrogen-bond acceptors (Lipinski definition) is 4. The lowest BCUT2D eigenvalue weighted by Crippen LogP contribution is -2.21. The van der Waals surface area contributed by atoms with E-state index in [1.807, 2.05) is 47.0 Å². The fourth-order valence-corrected chi connectivity index (χ4v) is 2.34. The summed E-state index contributed by atoms with van der Waals surface area (Å²) in [5, 5.41) is 3.90. The van der Waals surface area contributed by atoms with E-state index >= 15 is 0 Å². The van der Waals surface area contributed by atoms with Crippen LogP contribution in [0.1, 0.15) is 31.9 Å². The lowest BCUT2D eigenvalue weighted by Gasteiger charge is -2.16. The molecular weight excluding hydrogens is 288 g/mol. The van der Waals surface area contributed by atoms with Gasteiger partial charge in [-0.1, -0.05) is 44.1 Å². The van der Waals surface area contributed by atoms with E-state index in [1.165, 1.54) is 11.3 Å². The standard InChI is InChI=1S/C19H24N2O2/c1-13-12-15(21(5)6)11-10-14(13)8-7-9-16-17(19(2,3)4)20-23-18(16)22/h7-12H,1-6H3. The van der Waals surface area contributed by atoms with Crippen LogP contribution in [0.4, 0.5) is 5.69 Å². The van der Waals surface area contributed by atoms with Gasteiger partial charge in [-0.05, 0) is 36.3 Å². The van der Waals surface area contributed by atoms with Gasteiger partial charge in [0.15, 0.2) is 0 Å². The summed E-state index contributed by atoms with van der Waals surface area (Å²) in [5.41, 5.74) is 4.45. The van der Waals surface area contributed by atoms with Crippen molar-refractivity contribution < 1.29 is 9.63 Å². The minimum Gasteiger partial charge on any atom is -0.378 e. The molecule has 0 radical (unpaired) electrons. The predicted molar refractivity (Wildman–Crippen MR) is 95.6 cm³/mol. The van der Waals surface area contributed by atoms with E-state index < -0.39 is 0 Å². The lowest BCUT2D eigenvalue weighted by atomic mass is 9.85. The van der Waals surface area contributed by atoms with Gasteiger partial charge in [-0.15, -0.1) is 0 Å². The number of benzene rings is 1. The molecule has 122 valence electrons. The number of hydrogen-bond donors (Lipinski definition) is 0. The van der Waals surface area contributed by atoms with Crippen LogP contribution in [0, 0.1) is 12.3 Å². The van der Waals surface area contributed by atoms with E-state index in [0.29, 0.717) is 11.3 Å². The Morgan fingerprint density at radius 1 is 1.22 bits per heavy atom. The Labute approximate surface area is 138 Å². The highest BCUT2D eigenvalue weighted by molar-refractivity contribution is 6.24. The first-order valence-electron chi connectivity index (χ1n) is 7.66. The molecule has 2 rings (SSSR count). The van der Waals surface area contributed by atoms with Crippen LogP contribution in [0.25, 0.3) is 6.08 Å². The second-order valence-corrected chi connectivity index (χ2v) is 6.94. The molecule has 0 N–H and O–H groups in total. The summed E-state index contributed by atoms with van der Waals surface area (Å²) in [6, 6.07) is 6.29. The Kier molecular flexibility index (Phi) is 4.73. The van der Waals surface area contributed by atoms with Gasteiger partial charge in [0.25, 0.3) is 0 Å². The number of nitrogens with zero attached hydrogens (tertiary/aromatic N) is 2. The van der Waals surface area contributed by atoms with E-state index in [4.69, 9.17) is 4.84 Å². The largest absolute Gasteiger partial charge is 0.378 e. The van der Waals surface area contributed by atoms with Crippen LogP contribution in [0.3, 0.4) is 0 Å². The monoisotopic (exact) mass is 312 g/mol. The highest BCUT2D eigenvalue weighted by Gasteiger charge is 2.33. The van der Waals surface area contributed by atoms with Crippen LogP contribution >= 0.6 is 0 Å². The summed E-state index contributed by atoms with van der Waals surface area (Å²) in [4.78, 5) is 18.7. The van der Waals surface area contributed by atoms with Crippen LogP contribution in [0.5, 0.6) is 0 Å². The highest BCUT2D eigenvalue weighted by Crippen LogP contribution is 2.27. The molecule has 0 aromatic heterocycles. The molecule has 1 aliphatic rings. The van der Waals surface area contributed by atoms with Crippen molar-refractivity contribution in [3.05, 3.63) is 47.1 Å². The zero-order valence-corrected chi connectivity index (χ0v) is 14.7. The van der Waals surface area contributed by atoms with Gasteiger partial charge >= 0.3 is 5.97 Å². The molecule has 0 saturated heterocycles. The molecule has 1 aliphatic heterocycles. The molecule has 1 aromatic rings. The number of carbonyl (C=O) groups is 1. The molecule has 4 nitrogen and oxygen atoms in total. The summed E-state index contributed by atoms with van der Waals surface area (Å²) in [6.45, 7) is 8.10. The van der Waals surface area contributed by atoms with Crippen LogP contribution in [0.15, 0.2) is 41.1 Å². The minimum atomic E-state index is -0.390. The molecule has 4 heteroatoms. The summed E-state index contributed by atoms with van der Waals surface area (Å²) >= 11 is 0. The van der Waals surface area contributed by atoms with E-state index in [9.17, 15) is 4.79 Å². The van der Waals surface area contributed by atoms with E-state index in [-0.39, 0.29) is 11.4 Å². The van der Waals surface area contributed by atoms with E-state index in [2.05, 4.69) is 35.2 Å². The maximum absolute atomic E-state index is 11.8. The van der Waals surface area contributed by atoms with E-state index in [0.717, 1.165) is 5.56 Å². The minimum absolute atomic E-state index is 0.227. The lowest BCUT2D eigenvalue weighted by molar-refractivity contribution is -0.136. The molecule has 0 aliphatic carbocycles. The van der Waals surface area contributed by atoms with Gasteiger partial charge in [0.2, 0.25) is 0 Å². The molecule has 0 spiro atoms. The molecule has 1 heterocycles. The van der Waals surface area contributed by atoms with Crippen molar-refractivity contribution in [2.45, 2.75) is 27.7 Å². The molecular formula is C19H24N2O2. The molecule has 0 bridgehead atoms. The van der Waals surface area contributed by atoms with E-state index in [1.54, 1.807) is 6.08 Å². The van der Waals surface area contributed by atoms with Crippen LogP contribution in [0.2, 0.25) is 0 Å². The van der Waals surface area contributed by atoms with Gasteiger partial charge in [-0.3, -0.25) is 0 Å². The van der Waals surface area contributed by atoms with Gasteiger partial charge in [-0.2, -0.15) is 0 Å². The van der Waals surface area contributed by atoms with Gasteiger partial charge < -0.3 is 9.74 Å². The van der Waals surface area contributed by atoms with Crippen molar-refractivity contribution in [1.29, 1.82) is 0 Å². The fraction of sp³-hybridized carbons (Fsp3) is 0.368. The smallest absolute Gasteiger partial charge is 0.367 e. The quantitative estimate of drug-likeness (QED) is 0.626. The second kappa shape index (κ2) is 6.41. The van der Waals surface area contributed by atoms with Gasteiger partial charge in [-0.25, -0.2) is 4.79 Å². The number of oxime groups is 1. The molecule has 0 atom stereocenters. The predicted octanol–water partition coefficient (Wildman–Crippen LogP) is 3.96. The first-order chi connectivity index (χ1) is 10.7. The van der Waals surface area contributed by atoms with Gasteiger partial charge in [0.05, 0.1) is 5.57 Å². The normalized spacial score (nSPS) is 16.9. The molecule has 0 amide bonds. The Balaban J connectivity index is 2.24. The zero-order chi connectivity index (χ0) is 17.2. The maximum Gasteiger partial charge on any atom is 0.367 e. The highest BCUT2D eigenvalue weighted by atomic mass is 16.7. The number of carbonyl (C=O) groups excluding carboxylic acids is 1. The van der Waals surface area contributed by atoms with Crippen LogP contribution in [-0.2, 0) is 9.63 Å². The Morgan fingerprint density at radius 2 is 1.91 bits per heavy atom. The summed E-state index contributed by atoms with van der Waals surface area (Å²) in [6.07, 6.45) is 5.65. The van der Waals surface area contributed by atoms with Gasteiger partial charge in [0.1, 0.15) is 5.71 Å². The Hall–Kier alpha value is -2.36. The third-order valence-corrected chi connectivity index (χ3v) is 3.71.